The first-order valence-electron chi connectivity index (χ1n) is 7.78. The number of hydrogen-bond donors (Lipinski definition) is 2. The molecule has 0 bridgehead atoms. The van der Waals surface area contributed by atoms with Crippen LogP contribution in [0.25, 0.3) is 5.69 Å². The van der Waals surface area contributed by atoms with Crippen LogP contribution in [0.3, 0.4) is 0 Å². The third kappa shape index (κ3) is 4.01. The number of rotatable bonds is 6. The second kappa shape index (κ2) is 7.96. The molecule has 1 aromatic carbocycles. The van der Waals surface area contributed by atoms with Crippen LogP contribution < -0.4 is 10.6 Å². The number of hydrogen-bond acceptors (Lipinski definition) is 4. The van der Waals surface area contributed by atoms with E-state index in [1.165, 1.54) is 0 Å². The van der Waals surface area contributed by atoms with Crippen molar-refractivity contribution in [2.45, 2.75) is 13.0 Å². The van der Waals surface area contributed by atoms with Gasteiger partial charge in [0.1, 0.15) is 12.1 Å². The molecule has 3 rings (SSSR count). The summed E-state index contributed by atoms with van der Waals surface area (Å²) < 4.78 is 7.26. The van der Waals surface area contributed by atoms with E-state index in [2.05, 4.69) is 25.8 Å². The van der Waals surface area contributed by atoms with E-state index in [1.807, 2.05) is 47.0 Å². The molecule has 0 saturated carbocycles. The third-order valence-electron chi connectivity index (χ3n) is 3.53. The molecule has 0 spiro atoms. The highest BCUT2D eigenvalue weighted by Crippen LogP contribution is 2.08. The lowest BCUT2D eigenvalue weighted by Crippen LogP contribution is -2.38. The quantitative estimate of drug-likeness (QED) is 0.533. The topological polar surface area (TPSA) is 80.3 Å². The second-order valence-electron chi connectivity index (χ2n) is 5.13. The number of nitrogens with one attached hydrogen (secondary N) is 2. The average molecular weight is 324 g/mol. The molecule has 0 atom stereocenters. The lowest BCUT2D eigenvalue weighted by molar-refractivity contribution is 0.506. The van der Waals surface area contributed by atoms with Crippen molar-refractivity contribution in [3.8, 4) is 5.69 Å². The van der Waals surface area contributed by atoms with E-state index in [0.29, 0.717) is 12.5 Å². The van der Waals surface area contributed by atoms with Crippen LogP contribution in [0.4, 0.5) is 0 Å². The van der Waals surface area contributed by atoms with Gasteiger partial charge in [-0.2, -0.15) is 0 Å². The molecule has 0 aliphatic rings. The predicted octanol–water partition coefficient (Wildman–Crippen LogP) is 1.77. The Bertz CT molecular complexity index is 764. The van der Waals surface area contributed by atoms with Crippen LogP contribution in [0.5, 0.6) is 0 Å². The molecule has 0 amide bonds. The SMILES string of the molecule is CN=C(NCCc1ccco1)NCc1nncn1-c1ccccc1. The molecule has 2 N–H and O–H groups in total. The number of guanidine groups is 1. The lowest BCUT2D eigenvalue weighted by Gasteiger charge is -2.12. The van der Waals surface area contributed by atoms with Gasteiger partial charge in [0.05, 0.1) is 12.8 Å². The molecule has 2 aromatic heterocycles. The maximum atomic E-state index is 5.31. The van der Waals surface area contributed by atoms with Gasteiger partial charge < -0.3 is 15.1 Å². The highest BCUT2D eigenvalue weighted by atomic mass is 16.3. The van der Waals surface area contributed by atoms with Crippen molar-refractivity contribution >= 4 is 5.96 Å². The van der Waals surface area contributed by atoms with Crippen LogP contribution >= 0.6 is 0 Å². The summed E-state index contributed by atoms with van der Waals surface area (Å²) in [4.78, 5) is 4.22. The standard InChI is InChI=1S/C17H20N6O/c1-18-17(19-10-9-15-8-5-11-24-15)20-12-16-22-21-13-23(16)14-6-3-2-4-7-14/h2-8,11,13H,9-10,12H2,1H3,(H2,18,19,20). The highest BCUT2D eigenvalue weighted by molar-refractivity contribution is 5.79. The molecular formula is C17H20N6O. The van der Waals surface area contributed by atoms with E-state index in [1.54, 1.807) is 19.6 Å². The van der Waals surface area contributed by atoms with Crippen LogP contribution in [-0.2, 0) is 13.0 Å². The fourth-order valence-corrected chi connectivity index (χ4v) is 2.33. The second-order valence-corrected chi connectivity index (χ2v) is 5.13. The highest BCUT2D eigenvalue weighted by Gasteiger charge is 2.07. The van der Waals surface area contributed by atoms with Crippen LogP contribution in [0.2, 0.25) is 0 Å². The molecule has 0 aliphatic carbocycles. The van der Waals surface area contributed by atoms with Crippen molar-refractivity contribution in [3.63, 3.8) is 0 Å². The molecule has 0 aliphatic heterocycles. The van der Waals surface area contributed by atoms with Gasteiger partial charge in [0, 0.05) is 25.7 Å². The van der Waals surface area contributed by atoms with Gasteiger partial charge in [-0.15, -0.1) is 10.2 Å². The van der Waals surface area contributed by atoms with E-state index < -0.39 is 0 Å². The summed E-state index contributed by atoms with van der Waals surface area (Å²) in [5.74, 6) is 2.47. The number of benzene rings is 1. The third-order valence-corrected chi connectivity index (χ3v) is 3.53. The van der Waals surface area contributed by atoms with Gasteiger partial charge >= 0.3 is 0 Å². The molecule has 3 aromatic rings. The lowest BCUT2D eigenvalue weighted by atomic mass is 10.3. The zero-order valence-corrected chi connectivity index (χ0v) is 13.5. The summed E-state index contributed by atoms with van der Waals surface area (Å²) in [6, 6.07) is 13.8. The summed E-state index contributed by atoms with van der Waals surface area (Å²) in [5.41, 5.74) is 1.03. The van der Waals surface area contributed by atoms with Crippen LogP contribution in [0.15, 0.2) is 64.5 Å². The molecule has 0 radical (unpaired) electrons. The van der Waals surface area contributed by atoms with Crippen LogP contribution in [0.1, 0.15) is 11.6 Å². The summed E-state index contributed by atoms with van der Waals surface area (Å²) in [7, 11) is 1.74. The predicted molar refractivity (Wildman–Crippen MR) is 92.0 cm³/mol. The molecule has 0 fully saturated rings. The number of aliphatic imine (C=N–C) groups is 1. The minimum atomic E-state index is 0.523. The first-order valence-corrected chi connectivity index (χ1v) is 7.78. The fourth-order valence-electron chi connectivity index (χ4n) is 2.33. The number of nitrogens with zero attached hydrogens (tertiary/aromatic N) is 4. The number of furan rings is 1. The Hall–Kier alpha value is -3.09. The van der Waals surface area contributed by atoms with Crippen molar-refractivity contribution in [2.24, 2.45) is 4.99 Å². The van der Waals surface area contributed by atoms with Gasteiger partial charge in [-0.25, -0.2) is 0 Å². The van der Waals surface area contributed by atoms with E-state index in [-0.39, 0.29) is 0 Å². The first-order chi connectivity index (χ1) is 11.9. The molecule has 0 unspecified atom stereocenters. The number of aromatic nitrogens is 3. The van der Waals surface area contributed by atoms with E-state index in [9.17, 15) is 0 Å². The van der Waals surface area contributed by atoms with Crippen molar-refractivity contribution in [2.75, 3.05) is 13.6 Å². The van der Waals surface area contributed by atoms with Crippen LogP contribution in [0, 0.1) is 0 Å². The molecule has 124 valence electrons. The van der Waals surface area contributed by atoms with E-state index in [4.69, 9.17) is 4.42 Å². The van der Waals surface area contributed by atoms with Gasteiger partial charge in [-0.05, 0) is 24.3 Å². The normalized spacial score (nSPS) is 11.5. The van der Waals surface area contributed by atoms with Crippen LogP contribution in [-0.4, -0.2) is 34.3 Å². The monoisotopic (exact) mass is 324 g/mol. The first kappa shape index (κ1) is 15.8. The molecule has 24 heavy (non-hydrogen) atoms. The largest absolute Gasteiger partial charge is 0.469 e. The van der Waals surface area contributed by atoms with E-state index in [0.717, 1.165) is 30.2 Å². The molecule has 7 heteroatoms. The van der Waals surface area contributed by atoms with Crippen molar-refractivity contribution < 1.29 is 4.42 Å². The Kier molecular flexibility index (Phi) is 5.24. The van der Waals surface area contributed by atoms with Crippen molar-refractivity contribution in [1.82, 2.24) is 25.4 Å². The maximum Gasteiger partial charge on any atom is 0.191 e. The van der Waals surface area contributed by atoms with Gasteiger partial charge in [-0.3, -0.25) is 9.56 Å². The Morgan fingerprint density at radius 1 is 1.17 bits per heavy atom. The zero-order valence-electron chi connectivity index (χ0n) is 13.5. The summed E-state index contributed by atoms with van der Waals surface area (Å²) in [6.45, 7) is 1.26. The average Bonchev–Trinajstić information content (AvgIpc) is 3.30. The van der Waals surface area contributed by atoms with Crippen molar-refractivity contribution in [3.05, 3.63) is 66.6 Å². The van der Waals surface area contributed by atoms with Crippen molar-refractivity contribution in [1.29, 1.82) is 0 Å². The summed E-state index contributed by atoms with van der Waals surface area (Å²) in [5, 5.41) is 14.7. The molecule has 7 nitrogen and oxygen atoms in total. The van der Waals surface area contributed by atoms with Gasteiger partial charge in [0.15, 0.2) is 11.8 Å². The maximum absolute atomic E-state index is 5.31. The van der Waals surface area contributed by atoms with Gasteiger partial charge in [0.2, 0.25) is 0 Å². The Morgan fingerprint density at radius 2 is 2.04 bits per heavy atom. The Balaban J connectivity index is 1.54. The zero-order chi connectivity index (χ0) is 16.6. The molecular weight excluding hydrogens is 304 g/mol. The Morgan fingerprint density at radius 3 is 2.79 bits per heavy atom. The summed E-state index contributed by atoms with van der Waals surface area (Å²) >= 11 is 0. The summed E-state index contributed by atoms with van der Waals surface area (Å²) in [6.07, 6.45) is 4.19. The molecule has 0 saturated heterocycles. The number of para-hydroxylation sites is 1. The fraction of sp³-hybridized carbons (Fsp3) is 0.235. The minimum absolute atomic E-state index is 0.523. The minimum Gasteiger partial charge on any atom is -0.469 e. The Labute approximate surface area is 140 Å². The van der Waals surface area contributed by atoms with Gasteiger partial charge in [-0.1, -0.05) is 18.2 Å². The molecule has 2 heterocycles. The van der Waals surface area contributed by atoms with E-state index >= 15 is 0 Å². The smallest absolute Gasteiger partial charge is 0.191 e. The van der Waals surface area contributed by atoms with Gasteiger partial charge in [0.25, 0.3) is 0 Å².